The number of imidazole rings is 1. The number of benzene rings is 1. The van der Waals surface area contributed by atoms with E-state index in [-0.39, 0.29) is 12.5 Å². The largest absolute Gasteiger partial charge is 0.480 e. The lowest BCUT2D eigenvalue weighted by molar-refractivity contribution is -0.118. The first-order valence-corrected chi connectivity index (χ1v) is 10.7. The van der Waals surface area contributed by atoms with Crippen LogP contribution in [0, 0.1) is 0 Å². The lowest BCUT2D eigenvalue weighted by Gasteiger charge is -2.28. The van der Waals surface area contributed by atoms with Crippen molar-refractivity contribution < 1.29 is 14.3 Å². The van der Waals surface area contributed by atoms with E-state index >= 15 is 0 Å². The van der Waals surface area contributed by atoms with Crippen LogP contribution >= 0.6 is 0 Å². The fourth-order valence-corrected chi connectivity index (χ4v) is 3.97. The number of fused-ring (bicyclic) bond motifs is 2. The van der Waals surface area contributed by atoms with Crippen molar-refractivity contribution in [3.05, 3.63) is 55.1 Å². The third-order valence-corrected chi connectivity index (χ3v) is 5.65. The summed E-state index contributed by atoms with van der Waals surface area (Å²) in [6, 6.07) is 10.1. The summed E-state index contributed by atoms with van der Waals surface area (Å²) >= 11 is 0. The Bertz CT molecular complexity index is 1330. The molecule has 0 radical (unpaired) electrons. The molecular formula is C23H21N7O3. The Labute approximate surface area is 189 Å². The second kappa shape index (κ2) is 8.06. The molecule has 0 aliphatic carbocycles. The van der Waals surface area contributed by atoms with E-state index in [4.69, 9.17) is 14.5 Å². The fraction of sp³-hybridized carbons (Fsp3) is 0.217. The zero-order valence-corrected chi connectivity index (χ0v) is 17.7. The smallest absolute Gasteiger partial charge is 0.263 e. The molecule has 3 aromatic heterocycles. The SMILES string of the molecule is O=C1COc2cc(-c3cn4ccnc4c(Nc4ccc(N5CCOCC5)cc4)n3)cnc2N1. The second-order valence-electron chi connectivity index (χ2n) is 7.81. The number of nitrogens with zero attached hydrogens (tertiary/aromatic N) is 5. The van der Waals surface area contributed by atoms with Gasteiger partial charge in [0.15, 0.2) is 29.6 Å². The molecule has 10 heteroatoms. The Balaban J connectivity index is 1.31. The number of morpholine rings is 1. The van der Waals surface area contributed by atoms with Crippen LogP contribution in [0.2, 0.25) is 0 Å². The summed E-state index contributed by atoms with van der Waals surface area (Å²) in [4.78, 5) is 27.4. The summed E-state index contributed by atoms with van der Waals surface area (Å²) in [7, 11) is 0. The molecule has 0 saturated carbocycles. The van der Waals surface area contributed by atoms with E-state index in [9.17, 15) is 4.79 Å². The van der Waals surface area contributed by atoms with E-state index < -0.39 is 0 Å². The van der Waals surface area contributed by atoms with Gasteiger partial charge in [0.2, 0.25) is 0 Å². The van der Waals surface area contributed by atoms with Gasteiger partial charge in [0.05, 0.1) is 18.9 Å². The van der Waals surface area contributed by atoms with Gasteiger partial charge in [-0.25, -0.2) is 15.0 Å². The molecule has 2 N–H and O–H groups in total. The van der Waals surface area contributed by atoms with Gasteiger partial charge < -0.3 is 29.4 Å². The third kappa shape index (κ3) is 3.80. The van der Waals surface area contributed by atoms with Crippen molar-refractivity contribution in [3.63, 3.8) is 0 Å². The molecule has 10 nitrogen and oxygen atoms in total. The van der Waals surface area contributed by atoms with E-state index in [2.05, 4.69) is 37.6 Å². The lowest BCUT2D eigenvalue weighted by atomic mass is 10.2. The predicted molar refractivity (Wildman–Crippen MR) is 123 cm³/mol. The van der Waals surface area contributed by atoms with Crippen LogP contribution < -0.4 is 20.3 Å². The molecule has 5 heterocycles. The van der Waals surface area contributed by atoms with Crippen molar-refractivity contribution in [3.8, 4) is 17.0 Å². The minimum atomic E-state index is -0.216. The highest BCUT2D eigenvalue weighted by Gasteiger charge is 2.19. The summed E-state index contributed by atoms with van der Waals surface area (Å²) in [5.74, 6) is 1.35. The number of aromatic nitrogens is 4. The number of nitrogens with one attached hydrogen (secondary N) is 2. The van der Waals surface area contributed by atoms with Crippen molar-refractivity contribution in [1.29, 1.82) is 0 Å². The molecule has 1 saturated heterocycles. The Morgan fingerprint density at radius 3 is 2.79 bits per heavy atom. The van der Waals surface area contributed by atoms with Gasteiger partial charge in [-0.1, -0.05) is 0 Å². The molecule has 6 rings (SSSR count). The maximum absolute atomic E-state index is 11.5. The fourth-order valence-electron chi connectivity index (χ4n) is 3.97. The van der Waals surface area contributed by atoms with Gasteiger partial charge in [0.25, 0.3) is 5.91 Å². The Morgan fingerprint density at radius 2 is 1.94 bits per heavy atom. The Kier molecular flexibility index (Phi) is 4.76. The maximum Gasteiger partial charge on any atom is 0.263 e. The van der Waals surface area contributed by atoms with Crippen LogP contribution in [-0.4, -0.2) is 58.2 Å². The maximum atomic E-state index is 11.5. The normalized spacial score (nSPS) is 15.6. The van der Waals surface area contributed by atoms with Gasteiger partial charge in [0, 0.05) is 54.8 Å². The van der Waals surface area contributed by atoms with Gasteiger partial charge in [-0.3, -0.25) is 4.79 Å². The average Bonchev–Trinajstić information content (AvgIpc) is 3.34. The topological polar surface area (TPSA) is 106 Å². The zero-order chi connectivity index (χ0) is 22.2. The lowest BCUT2D eigenvalue weighted by Crippen LogP contribution is -2.36. The molecule has 0 atom stereocenters. The van der Waals surface area contributed by atoms with Crippen LogP contribution in [0.25, 0.3) is 16.9 Å². The minimum absolute atomic E-state index is 0.0284. The number of rotatable bonds is 4. The molecule has 33 heavy (non-hydrogen) atoms. The van der Waals surface area contributed by atoms with E-state index in [0.29, 0.717) is 28.7 Å². The van der Waals surface area contributed by atoms with Crippen LogP contribution in [0.1, 0.15) is 0 Å². The van der Waals surface area contributed by atoms with Crippen molar-refractivity contribution in [2.75, 3.05) is 48.4 Å². The van der Waals surface area contributed by atoms with Crippen LogP contribution in [0.5, 0.6) is 5.75 Å². The van der Waals surface area contributed by atoms with Crippen molar-refractivity contribution >= 4 is 34.6 Å². The highest BCUT2D eigenvalue weighted by Crippen LogP contribution is 2.31. The van der Waals surface area contributed by atoms with E-state index in [1.807, 2.05) is 35.0 Å². The zero-order valence-electron chi connectivity index (χ0n) is 17.7. The molecule has 2 aliphatic heterocycles. The number of carbonyl (C=O) groups excluding carboxylic acids is 1. The number of hydrogen-bond acceptors (Lipinski definition) is 8. The average molecular weight is 443 g/mol. The number of hydrogen-bond donors (Lipinski definition) is 2. The quantitative estimate of drug-likeness (QED) is 0.496. The van der Waals surface area contributed by atoms with Crippen molar-refractivity contribution in [1.82, 2.24) is 19.4 Å². The minimum Gasteiger partial charge on any atom is -0.480 e. The van der Waals surface area contributed by atoms with E-state index in [1.165, 1.54) is 5.69 Å². The summed E-state index contributed by atoms with van der Waals surface area (Å²) in [6.45, 7) is 3.27. The number of carbonyl (C=O) groups is 1. The standard InChI is InChI=1S/C23H21N7O3/c31-20-14-33-19-11-15(12-25-21(19)28-20)18-13-30-6-5-24-23(30)22(27-18)26-16-1-3-17(4-2-16)29-7-9-32-10-8-29/h1-6,11-13H,7-10,14H2,(H,26,27)(H,25,28,31). The molecule has 0 bridgehead atoms. The molecule has 1 fully saturated rings. The molecule has 1 aromatic carbocycles. The highest BCUT2D eigenvalue weighted by molar-refractivity contribution is 5.94. The summed E-state index contributed by atoms with van der Waals surface area (Å²) in [5.41, 5.74) is 4.26. The molecule has 0 unspecified atom stereocenters. The van der Waals surface area contributed by atoms with Crippen LogP contribution in [-0.2, 0) is 9.53 Å². The first kappa shape index (κ1) is 19.5. The van der Waals surface area contributed by atoms with Crippen LogP contribution in [0.15, 0.2) is 55.1 Å². The van der Waals surface area contributed by atoms with Crippen LogP contribution in [0.3, 0.4) is 0 Å². The second-order valence-corrected chi connectivity index (χ2v) is 7.81. The highest BCUT2D eigenvalue weighted by atomic mass is 16.5. The molecule has 4 aromatic rings. The number of pyridine rings is 1. The molecular weight excluding hydrogens is 422 g/mol. The summed E-state index contributed by atoms with van der Waals surface area (Å²) in [6.07, 6.45) is 7.16. The predicted octanol–water partition coefficient (Wildman–Crippen LogP) is 2.70. The molecule has 2 aliphatic rings. The van der Waals surface area contributed by atoms with Crippen LogP contribution in [0.4, 0.5) is 23.0 Å². The third-order valence-electron chi connectivity index (χ3n) is 5.65. The monoisotopic (exact) mass is 443 g/mol. The van der Waals surface area contributed by atoms with Crippen molar-refractivity contribution in [2.24, 2.45) is 0 Å². The van der Waals surface area contributed by atoms with Gasteiger partial charge in [-0.15, -0.1) is 0 Å². The first-order chi connectivity index (χ1) is 16.2. The van der Waals surface area contributed by atoms with Gasteiger partial charge >= 0.3 is 0 Å². The van der Waals surface area contributed by atoms with E-state index in [1.54, 1.807) is 12.4 Å². The van der Waals surface area contributed by atoms with Gasteiger partial charge in [0.1, 0.15) is 0 Å². The van der Waals surface area contributed by atoms with Crippen molar-refractivity contribution in [2.45, 2.75) is 0 Å². The molecule has 0 spiro atoms. The number of ether oxygens (including phenoxy) is 2. The Morgan fingerprint density at radius 1 is 1.09 bits per heavy atom. The number of anilines is 4. The van der Waals surface area contributed by atoms with Gasteiger partial charge in [-0.2, -0.15) is 0 Å². The summed E-state index contributed by atoms with van der Waals surface area (Å²) in [5, 5.41) is 6.10. The van der Waals surface area contributed by atoms with E-state index in [0.717, 1.165) is 37.6 Å². The molecule has 1 amide bonds. The summed E-state index contributed by atoms with van der Waals surface area (Å²) < 4.78 is 12.9. The van der Waals surface area contributed by atoms with Gasteiger partial charge in [-0.05, 0) is 30.3 Å². The Hall–Kier alpha value is -4.18. The molecule has 166 valence electrons. The number of amides is 1. The first-order valence-electron chi connectivity index (χ1n) is 10.7.